The summed E-state index contributed by atoms with van der Waals surface area (Å²) in [6, 6.07) is 5.61. The number of anilines is 1. The molecular weight excluding hydrogens is 240 g/mol. The molecule has 3 rings (SSSR count). The average Bonchev–Trinajstić information content (AvgIpc) is 2.48. The van der Waals surface area contributed by atoms with Crippen LogP contribution in [0.5, 0.6) is 0 Å². The van der Waals surface area contributed by atoms with Gasteiger partial charge < -0.3 is 10.6 Å². The van der Waals surface area contributed by atoms with Gasteiger partial charge in [-0.3, -0.25) is 14.8 Å². The predicted molar refractivity (Wildman–Crippen MR) is 73.8 cm³/mol. The van der Waals surface area contributed by atoms with E-state index in [0.717, 1.165) is 42.7 Å². The van der Waals surface area contributed by atoms with Crippen LogP contribution in [0.15, 0.2) is 30.6 Å². The Morgan fingerprint density at radius 3 is 2.68 bits per heavy atom. The van der Waals surface area contributed by atoms with Crippen molar-refractivity contribution in [1.82, 2.24) is 15.3 Å². The first-order valence-electron chi connectivity index (χ1n) is 6.55. The molecule has 0 bridgehead atoms. The van der Waals surface area contributed by atoms with Crippen LogP contribution in [0, 0.1) is 5.92 Å². The molecule has 0 radical (unpaired) electrons. The lowest BCUT2D eigenvalue weighted by Gasteiger charge is -2.21. The number of nitrogens with zero attached hydrogens (tertiary/aromatic N) is 2. The Labute approximate surface area is 111 Å². The molecule has 19 heavy (non-hydrogen) atoms. The Morgan fingerprint density at radius 2 is 1.89 bits per heavy atom. The van der Waals surface area contributed by atoms with Crippen molar-refractivity contribution >= 4 is 22.6 Å². The van der Waals surface area contributed by atoms with Crippen LogP contribution in [0.3, 0.4) is 0 Å². The number of fused-ring (bicyclic) bond motifs is 1. The molecule has 1 aliphatic rings. The summed E-state index contributed by atoms with van der Waals surface area (Å²) in [6.07, 6.45) is 5.12. The third-order valence-electron chi connectivity index (χ3n) is 3.45. The van der Waals surface area contributed by atoms with Crippen LogP contribution in [-0.4, -0.2) is 29.0 Å². The second kappa shape index (κ2) is 5.32. The van der Waals surface area contributed by atoms with Gasteiger partial charge in [0.05, 0.1) is 11.0 Å². The quantitative estimate of drug-likeness (QED) is 0.856. The minimum absolute atomic E-state index is 0.102. The van der Waals surface area contributed by atoms with Crippen LogP contribution in [0.2, 0.25) is 0 Å². The van der Waals surface area contributed by atoms with Crippen LogP contribution in [0.25, 0.3) is 11.0 Å². The zero-order chi connectivity index (χ0) is 13.1. The summed E-state index contributed by atoms with van der Waals surface area (Å²) < 4.78 is 0. The van der Waals surface area contributed by atoms with Crippen molar-refractivity contribution in [3.8, 4) is 0 Å². The van der Waals surface area contributed by atoms with Gasteiger partial charge in [0.1, 0.15) is 0 Å². The molecule has 1 aliphatic heterocycles. The molecule has 0 saturated carbocycles. The smallest absolute Gasteiger partial charge is 0.227 e. The van der Waals surface area contributed by atoms with E-state index in [2.05, 4.69) is 20.6 Å². The molecule has 5 nitrogen and oxygen atoms in total. The lowest BCUT2D eigenvalue weighted by Crippen LogP contribution is -2.34. The zero-order valence-corrected chi connectivity index (χ0v) is 10.6. The van der Waals surface area contributed by atoms with Crippen LogP contribution < -0.4 is 10.6 Å². The molecule has 1 aromatic heterocycles. The average molecular weight is 256 g/mol. The van der Waals surface area contributed by atoms with Crippen LogP contribution >= 0.6 is 0 Å². The topological polar surface area (TPSA) is 66.9 Å². The van der Waals surface area contributed by atoms with Gasteiger partial charge in [-0.15, -0.1) is 0 Å². The number of carbonyl (C=O) groups excluding carboxylic acids is 1. The van der Waals surface area contributed by atoms with Gasteiger partial charge in [0.25, 0.3) is 0 Å². The monoisotopic (exact) mass is 256 g/mol. The molecule has 98 valence electrons. The molecule has 0 spiro atoms. The van der Waals surface area contributed by atoms with Gasteiger partial charge in [-0.05, 0) is 44.1 Å². The maximum Gasteiger partial charge on any atom is 0.227 e. The summed E-state index contributed by atoms with van der Waals surface area (Å²) >= 11 is 0. The standard InChI is InChI=1S/C14H16N4O/c19-14(10-3-5-15-6-4-10)18-11-1-2-12-13(9-11)17-8-7-16-12/h1-2,7-10,15H,3-6H2,(H,18,19). The fourth-order valence-corrected chi connectivity index (χ4v) is 2.37. The van der Waals surface area contributed by atoms with Gasteiger partial charge in [0.2, 0.25) is 5.91 Å². The molecule has 0 unspecified atom stereocenters. The second-order valence-electron chi connectivity index (χ2n) is 4.77. The molecule has 2 heterocycles. The zero-order valence-electron chi connectivity index (χ0n) is 10.6. The van der Waals surface area contributed by atoms with E-state index in [1.807, 2.05) is 18.2 Å². The van der Waals surface area contributed by atoms with E-state index in [4.69, 9.17) is 0 Å². The summed E-state index contributed by atoms with van der Waals surface area (Å²) in [4.78, 5) is 20.6. The van der Waals surface area contributed by atoms with E-state index in [9.17, 15) is 4.79 Å². The number of carbonyl (C=O) groups is 1. The second-order valence-corrected chi connectivity index (χ2v) is 4.77. The molecule has 0 atom stereocenters. The molecule has 1 fully saturated rings. The fraction of sp³-hybridized carbons (Fsp3) is 0.357. The minimum atomic E-state index is 0.102. The maximum absolute atomic E-state index is 12.1. The molecule has 1 amide bonds. The number of amides is 1. The van der Waals surface area contributed by atoms with Gasteiger partial charge in [-0.25, -0.2) is 0 Å². The number of aromatic nitrogens is 2. The molecule has 2 aromatic rings. The van der Waals surface area contributed by atoms with Crippen molar-refractivity contribution in [2.75, 3.05) is 18.4 Å². The lowest BCUT2D eigenvalue weighted by atomic mass is 9.97. The van der Waals surface area contributed by atoms with Gasteiger partial charge in [-0.1, -0.05) is 0 Å². The number of rotatable bonds is 2. The highest BCUT2D eigenvalue weighted by atomic mass is 16.1. The van der Waals surface area contributed by atoms with Gasteiger partial charge in [0.15, 0.2) is 0 Å². The van der Waals surface area contributed by atoms with Gasteiger partial charge in [0, 0.05) is 24.0 Å². The number of benzene rings is 1. The van der Waals surface area contributed by atoms with Crippen LogP contribution in [0.4, 0.5) is 5.69 Å². The molecule has 5 heteroatoms. The third-order valence-corrected chi connectivity index (χ3v) is 3.45. The number of hydrogen-bond donors (Lipinski definition) is 2. The third kappa shape index (κ3) is 2.71. The molecule has 1 saturated heterocycles. The van der Waals surface area contributed by atoms with Crippen molar-refractivity contribution in [2.24, 2.45) is 5.92 Å². The maximum atomic E-state index is 12.1. The van der Waals surface area contributed by atoms with E-state index >= 15 is 0 Å². The Bertz CT molecular complexity index is 593. The van der Waals surface area contributed by atoms with Crippen molar-refractivity contribution in [2.45, 2.75) is 12.8 Å². The summed E-state index contributed by atoms with van der Waals surface area (Å²) in [5.74, 6) is 0.212. The minimum Gasteiger partial charge on any atom is -0.326 e. The summed E-state index contributed by atoms with van der Waals surface area (Å²) in [5, 5.41) is 6.23. The Hall–Kier alpha value is -2.01. The Kier molecular flexibility index (Phi) is 3.37. The summed E-state index contributed by atoms with van der Waals surface area (Å²) in [7, 11) is 0. The molecule has 0 aliphatic carbocycles. The predicted octanol–water partition coefficient (Wildman–Crippen LogP) is 1.57. The van der Waals surface area contributed by atoms with Crippen molar-refractivity contribution in [1.29, 1.82) is 0 Å². The first-order valence-corrected chi connectivity index (χ1v) is 6.55. The summed E-state index contributed by atoms with van der Waals surface area (Å²) in [6.45, 7) is 1.84. The Morgan fingerprint density at radius 1 is 1.16 bits per heavy atom. The van der Waals surface area contributed by atoms with Crippen molar-refractivity contribution in [3.63, 3.8) is 0 Å². The van der Waals surface area contributed by atoms with E-state index in [1.54, 1.807) is 12.4 Å². The number of nitrogens with one attached hydrogen (secondary N) is 2. The van der Waals surface area contributed by atoms with Crippen molar-refractivity contribution < 1.29 is 4.79 Å². The SMILES string of the molecule is O=C(Nc1ccc2nccnc2c1)C1CCNCC1. The normalized spacial score (nSPS) is 16.4. The highest BCUT2D eigenvalue weighted by molar-refractivity contribution is 5.94. The van der Waals surface area contributed by atoms with E-state index < -0.39 is 0 Å². The fourth-order valence-electron chi connectivity index (χ4n) is 2.37. The van der Waals surface area contributed by atoms with Crippen LogP contribution in [-0.2, 0) is 4.79 Å². The van der Waals surface area contributed by atoms with Crippen LogP contribution in [0.1, 0.15) is 12.8 Å². The highest BCUT2D eigenvalue weighted by Crippen LogP contribution is 2.18. The number of piperidine rings is 1. The van der Waals surface area contributed by atoms with E-state index in [1.165, 1.54) is 0 Å². The largest absolute Gasteiger partial charge is 0.326 e. The first kappa shape index (κ1) is 12.0. The van der Waals surface area contributed by atoms with Gasteiger partial charge >= 0.3 is 0 Å². The molecule has 1 aromatic carbocycles. The highest BCUT2D eigenvalue weighted by Gasteiger charge is 2.20. The van der Waals surface area contributed by atoms with Crippen molar-refractivity contribution in [3.05, 3.63) is 30.6 Å². The number of hydrogen-bond acceptors (Lipinski definition) is 4. The van der Waals surface area contributed by atoms with E-state index in [0.29, 0.717) is 0 Å². The molecule has 2 N–H and O–H groups in total. The molecular formula is C14H16N4O. The summed E-state index contributed by atoms with van der Waals surface area (Å²) in [5.41, 5.74) is 2.42. The Balaban J connectivity index is 1.75. The lowest BCUT2D eigenvalue weighted by molar-refractivity contribution is -0.120. The van der Waals surface area contributed by atoms with E-state index in [-0.39, 0.29) is 11.8 Å². The van der Waals surface area contributed by atoms with Gasteiger partial charge in [-0.2, -0.15) is 0 Å². The first-order chi connectivity index (χ1) is 9.33.